The van der Waals surface area contributed by atoms with E-state index in [1.807, 2.05) is 0 Å². The maximum Gasteiger partial charge on any atom is 0.337 e. The minimum absolute atomic E-state index is 0.182. The standard InChI is InChI=1S/C17H17FN2O3S/c1-10(11-2-4-12(18)5-3-11)19-16(21)14-8-13(17(22)23)15-9-24-7-6-20(14)15/h2-5,8,10H,6-7,9H2,1H3,(H,19,21)(H,22,23)/t10-/m1/s1. The Hall–Kier alpha value is -2.28. The molecule has 0 fully saturated rings. The zero-order valence-corrected chi connectivity index (χ0v) is 13.9. The van der Waals surface area contributed by atoms with E-state index in [9.17, 15) is 19.1 Å². The summed E-state index contributed by atoms with van der Waals surface area (Å²) < 4.78 is 14.8. The maximum atomic E-state index is 13.0. The Bertz CT molecular complexity index is 786. The van der Waals surface area contributed by atoms with Gasteiger partial charge in [-0.2, -0.15) is 11.8 Å². The molecule has 0 radical (unpaired) electrons. The Balaban J connectivity index is 1.85. The molecule has 1 atom stereocenters. The Morgan fingerprint density at radius 1 is 1.33 bits per heavy atom. The average Bonchev–Trinajstić information content (AvgIpc) is 2.95. The lowest BCUT2D eigenvalue weighted by Gasteiger charge is -2.19. The predicted octanol–water partition coefficient (Wildman–Crippen LogP) is 3.06. The Kier molecular flexibility index (Phi) is 4.62. The highest BCUT2D eigenvalue weighted by Gasteiger charge is 2.26. The van der Waals surface area contributed by atoms with Crippen LogP contribution in [0.3, 0.4) is 0 Å². The number of carboxylic acids is 1. The lowest BCUT2D eigenvalue weighted by Crippen LogP contribution is -2.29. The second-order valence-electron chi connectivity index (χ2n) is 5.65. The number of hydrogen-bond donors (Lipinski definition) is 2. The number of thioether (sulfide) groups is 1. The number of rotatable bonds is 4. The quantitative estimate of drug-likeness (QED) is 0.891. The molecule has 0 spiro atoms. The average molecular weight is 348 g/mol. The lowest BCUT2D eigenvalue weighted by atomic mass is 10.1. The molecule has 2 N–H and O–H groups in total. The Labute approximate surface area is 142 Å². The van der Waals surface area contributed by atoms with Crippen molar-refractivity contribution in [2.75, 3.05) is 5.75 Å². The number of hydrogen-bond acceptors (Lipinski definition) is 3. The molecule has 1 aromatic heterocycles. The van der Waals surface area contributed by atoms with E-state index in [0.29, 0.717) is 23.7 Å². The highest BCUT2D eigenvalue weighted by molar-refractivity contribution is 7.98. The summed E-state index contributed by atoms with van der Waals surface area (Å²) in [5.74, 6) is -0.252. The minimum atomic E-state index is -1.02. The van der Waals surface area contributed by atoms with E-state index in [2.05, 4.69) is 5.32 Å². The number of halogens is 1. The summed E-state index contributed by atoms with van der Waals surface area (Å²) in [5.41, 5.74) is 2.00. The van der Waals surface area contributed by atoms with Crippen LogP contribution in [0.2, 0.25) is 0 Å². The first-order chi connectivity index (χ1) is 11.5. The fourth-order valence-electron chi connectivity index (χ4n) is 2.80. The first kappa shape index (κ1) is 16.6. The Morgan fingerprint density at radius 2 is 2.04 bits per heavy atom. The van der Waals surface area contributed by atoms with Crippen LogP contribution in [0.25, 0.3) is 0 Å². The lowest BCUT2D eigenvalue weighted by molar-refractivity contribution is 0.0695. The summed E-state index contributed by atoms with van der Waals surface area (Å²) in [6.07, 6.45) is 0. The topological polar surface area (TPSA) is 71.3 Å². The molecule has 2 heterocycles. The molecule has 0 saturated carbocycles. The summed E-state index contributed by atoms with van der Waals surface area (Å²) in [6, 6.07) is 7.06. The molecule has 3 rings (SSSR count). The molecule has 1 aromatic carbocycles. The van der Waals surface area contributed by atoms with Gasteiger partial charge in [-0.05, 0) is 30.7 Å². The third kappa shape index (κ3) is 3.17. The van der Waals surface area contributed by atoms with Crippen LogP contribution in [0.4, 0.5) is 4.39 Å². The number of aromatic nitrogens is 1. The number of nitrogens with zero attached hydrogens (tertiary/aromatic N) is 1. The fourth-order valence-corrected chi connectivity index (χ4v) is 3.76. The fraction of sp³-hybridized carbons (Fsp3) is 0.294. The van der Waals surface area contributed by atoms with E-state index < -0.39 is 5.97 Å². The molecule has 1 amide bonds. The number of nitrogens with one attached hydrogen (secondary N) is 1. The highest BCUT2D eigenvalue weighted by atomic mass is 32.2. The first-order valence-corrected chi connectivity index (χ1v) is 8.72. The van der Waals surface area contributed by atoms with Crippen LogP contribution < -0.4 is 5.32 Å². The number of aromatic carboxylic acids is 1. The normalized spacial score (nSPS) is 14.8. The van der Waals surface area contributed by atoms with E-state index in [-0.39, 0.29) is 23.3 Å². The molecule has 5 nitrogen and oxygen atoms in total. The van der Waals surface area contributed by atoms with Crippen LogP contribution in [-0.4, -0.2) is 27.3 Å². The van der Waals surface area contributed by atoms with Gasteiger partial charge in [-0.25, -0.2) is 9.18 Å². The number of carbonyl (C=O) groups excluding carboxylic acids is 1. The molecule has 24 heavy (non-hydrogen) atoms. The molecule has 0 bridgehead atoms. The van der Waals surface area contributed by atoms with Gasteiger partial charge in [-0.3, -0.25) is 4.79 Å². The number of carboxylic acid groups (broad SMARTS) is 1. The van der Waals surface area contributed by atoms with Gasteiger partial charge in [0.05, 0.1) is 11.6 Å². The summed E-state index contributed by atoms with van der Waals surface area (Å²) in [5, 5.41) is 12.2. The monoisotopic (exact) mass is 348 g/mol. The Morgan fingerprint density at radius 3 is 2.71 bits per heavy atom. The van der Waals surface area contributed by atoms with Crippen LogP contribution in [0.5, 0.6) is 0 Å². The largest absolute Gasteiger partial charge is 0.478 e. The second kappa shape index (κ2) is 6.68. The molecule has 126 valence electrons. The van der Waals surface area contributed by atoms with Gasteiger partial charge >= 0.3 is 5.97 Å². The highest BCUT2D eigenvalue weighted by Crippen LogP contribution is 2.27. The van der Waals surface area contributed by atoms with Gasteiger partial charge in [0.25, 0.3) is 5.91 Å². The van der Waals surface area contributed by atoms with Crippen LogP contribution in [0, 0.1) is 5.82 Å². The molecule has 1 aliphatic rings. The van der Waals surface area contributed by atoms with Gasteiger partial charge in [0, 0.05) is 23.7 Å². The summed E-state index contributed by atoms with van der Waals surface area (Å²) >= 11 is 1.65. The SMILES string of the molecule is C[C@@H](NC(=O)c1cc(C(=O)O)c2n1CCSC2)c1ccc(F)cc1. The van der Waals surface area contributed by atoms with Crippen molar-refractivity contribution in [3.63, 3.8) is 0 Å². The molecule has 7 heteroatoms. The number of fused-ring (bicyclic) bond motifs is 1. The van der Waals surface area contributed by atoms with Crippen LogP contribution in [0.15, 0.2) is 30.3 Å². The summed E-state index contributed by atoms with van der Waals surface area (Å²) in [4.78, 5) is 24.0. The van der Waals surface area contributed by atoms with Crippen molar-refractivity contribution in [3.05, 3.63) is 58.7 Å². The van der Waals surface area contributed by atoms with Crippen LogP contribution >= 0.6 is 11.8 Å². The zero-order valence-electron chi connectivity index (χ0n) is 13.1. The number of carbonyl (C=O) groups is 2. The summed E-state index contributed by atoms with van der Waals surface area (Å²) in [6.45, 7) is 2.42. The number of amides is 1. The van der Waals surface area contributed by atoms with Gasteiger partial charge in [0.1, 0.15) is 11.5 Å². The third-order valence-corrected chi connectivity index (χ3v) is 5.04. The van der Waals surface area contributed by atoms with Gasteiger partial charge < -0.3 is 15.0 Å². The van der Waals surface area contributed by atoms with Crippen molar-refractivity contribution in [1.29, 1.82) is 0 Å². The minimum Gasteiger partial charge on any atom is -0.478 e. The van der Waals surface area contributed by atoms with Gasteiger partial charge in [-0.15, -0.1) is 0 Å². The van der Waals surface area contributed by atoms with Crippen molar-refractivity contribution >= 4 is 23.6 Å². The zero-order chi connectivity index (χ0) is 17.3. The van der Waals surface area contributed by atoms with Gasteiger partial charge in [0.2, 0.25) is 0 Å². The predicted molar refractivity (Wildman–Crippen MR) is 89.8 cm³/mol. The number of benzene rings is 1. The molecular formula is C17H17FN2O3S. The smallest absolute Gasteiger partial charge is 0.337 e. The van der Waals surface area contributed by atoms with Gasteiger partial charge in [0.15, 0.2) is 0 Å². The van der Waals surface area contributed by atoms with Crippen molar-refractivity contribution < 1.29 is 19.1 Å². The van der Waals surface area contributed by atoms with Crippen molar-refractivity contribution in [3.8, 4) is 0 Å². The van der Waals surface area contributed by atoms with E-state index in [1.165, 1.54) is 18.2 Å². The van der Waals surface area contributed by atoms with Crippen LogP contribution in [-0.2, 0) is 12.3 Å². The molecule has 1 aliphatic heterocycles. The van der Waals surface area contributed by atoms with E-state index in [4.69, 9.17) is 0 Å². The van der Waals surface area contributed by atoms with Crippen molar-refractivity contribution in [2.45, 2.75) is 25.3 Å². The van der Waals surface area contributed by atoms with Gasteiger partial charge in [-0.1, -0.05) is 12.1 Å². The molecular weight excluding hydrogens is 331 g/mol. The van der Waals surface area contributed by atoms with E-state index in [1.54, 1.807) is 35.4 Å². The molecule has 2 aromatic rings. The van der Waals surface area contributed by atoms with Crippen molar-refractivity contribution in [2.24, 2.45) is 0 Å². The first-order valence-electron chi connectivity index (χ1n) is 7.57. The van der Waals surface area contributed by atoms with Crippen molar-refractivity contribution in [1.82, 2.24) is 9.88 Å². The summed E-state index contributed by atoms with van der Waals surface area (Å²) in [7, 11) is 0. The molecule has 0 unspecified atom stereocenters. The second-order valence-corrected chi connectivity index (χ2v) is 6.75. The van der Waals surface area contributed by atoms with E-state index in [0.717, 1.165) is 11.3 Å². The maximum absolute atomic E-state index is 13.0. The van der Waals surface area contributed by atoms with E-state index >= 15 is 0 Å². The molecule has 0 aliphatic carbocycles. The van der Waals surface area contributed by atoms with Crippen LogP contribution in [0.1, 0.15) is 45.1 Å². The third-order valence-electron chi connectivity index (χ3n) is 4.09. The molecule has 0 saturated heterocycles.